The first kappa shape index (κ1) is 16.7. The van der Waals surface area contributed by atoms with Gasteiger partial charge in [0.25, 0.3) is 11.8 Å². The highest BCUT2D eigenvalue weighted by molar-refractivity contribution is 5.95. The molecule has 0 saturated heterocycles. The van der Waals surface area contributed by atoms with E-state index in [4.69, 9.17) is 0 Å². The van der Waals surface area contributed by atoms with Crippen molar-refractivity contribution in [1.29, 1.82) is 0 Å². The first-order valence-electron chi connectivity index (χ1n) is 7.99. The summed E-state index contributed by atoms with van der Waals surface area (Å²) >= 11 is 0. The van der Waals surface area contributed by atoms with Crippen molar-refractivity contribution in [1.82, 2.24) is 20.6 Å². The molecule has 2 aromatic rings. The third-order valence-electron chi connectivity index (χ3n) is 4.08. The van der Waals surface area contributed by atoms with Crippen LogP contribution in [0, 0.1) is 5.92 Å². The summed E-state index contributed by atoms with van der Waals surface area (Å²) < 4.78 is 0. The van der Waals surface area contributed by atoms with Crippen molar-refractivity contribution in [3.63, 3.8) is 0 Å². The molecule has 0 spiro atoms. The van der Waals surface area contributed by atoms with Crippen molar-refractivity contribution in [2.45, 2.75) is 18.9 Å². The van der Waals surface area contributed by atoms with Crippen LogP contribution in [0.2, 0.25) is 0 Å². The molecule has 4 N–H and O–H groups in total. The minimum absolute atomic E-state index is 0.189. The summed E-state index contributed by atoms with van der Waals surface area (Å²) in [7, 11) is 0. The normalized spacial score (nSPS) is 14.6. The maximum atomic E-state index is 12.3. The number of carbonyl (C=O) groups excluding carboxylic acids is 2. The lowest BCUT2D eigenvalue weighted by Crippen LogP contribution is -2.45. The number of hydrogen-bond donors (Lipinski definition) is 4. The molecular formula is C17H18N4O4. The average molecular weight is 342 g/mol. The molecule has 2 aromatic heterocycles. The molecule has 3 rings (SSSR count). The second-order valence-corrected chi connectivity index (χ2v) is 6.01. The van der Waals surface area contributed by atoms with E-state index in [-0.39, 0.29) is 35.5 Å². The molecule has 8 nitrogen and oxygen atoms in total. The van der Waals surface area contributed by atoms with Crippen LogP contribution < -0.4 is 21.8 Å². The van der Waals surface area contributed by atoms with E-state index >= 15 is 0 Å². The fraction of sp³-hybridized carbons (Fsp3) is 0.294. The zero-order valence-electron chi connectivity index (χ0n) is 13.4. The Morgan fingerprint density at radius 3 is 2.00 bits per heavy atom. The van der Waals surface area contributed by atoms with Crippen molar-refractivity contribution in [3.05, 3.63) is 68.5 Å². The highest BCUT2D eigenvalue weighted by Crippen LogP contribution is 2.32. The molecule has 130 valence electrons. The monoisotopic (exact) mass is 342 g/mol. The second-order valence-electron chi connectivity index (χ2n) is 6.01. The van der Waals surface area contributed by atoms with Gasteiger partial charge in [0.1, 0.15) is 0 Å². The lowest BCUT2D eigenvalue weighted by molar-refractivity contribution is 0.0903. The Morgan fingerprint density at radius 2 is 1.52 bits per heavy atom. The van der Waals surface area contributed by atoms with E-state index in [0.29, 0.717) is 17.0 Å². The van der Waals surface area contributed by atoms with Crippen molar-refractivity contribution < 1.29 is 9.59 Å². The minimum atomic E-state index is -0.319. The maximum absolute atomic E-state index is 12.3. The molecule has 1 unspecified atom stereocenters. The molecule has 0 bridgehead atoms. The lowest BCUT2D eigenvalue weighted by atomic mass is 10.1. The Bertz CT molecular complexity index is 857. The predicted octanol–water partition coefficient (Wildman–Crippen LogP) is 0.00160. The Morgan fingerprint density at radius 1 is 0.960 bits per heavy atom. The number of H-pyrrole nitrogens is 2. The van der Waals surface area contributed by atoms with Crippen molar-refractivity contribution in [2.75, 3.05) is 6.54 Å². The van der Waals surface area contributed by atoms with E-state index in [0.717, 1.165) is 12.8 Å². The van der Waals surface area contributed by atoms with Gasteiger partial charge in [0.2, 0.25) is 11.1 Å². The lowest BCUT2D eigenvalue weighted by Gasteiger charge is -2.19. The standard InChI is InChI=1S/C17H18N4O4/c22-14-5-3-11(7-18-14)16(24)20-9-13(10-1-2-10)21-17(25)12-4-6-15(23)19-8-12/h3-8,10,13H,1-2,9H2,(H,18,22)(H,19,23)(H,20,24)(H,21,25). The molecule has 8 heteroatoms. The molecule has 0 radical (unpaired) electrons. The Kier molecular flexibility index (Phi) is 4.78. The fourth-order valence-electron chi connectivity index (χ4n) is 2.49. The second kappa shape index (κ2) is 7.16. The van der Waals surface area contributed by atoms with E-state index < -0.39 is 0 Å². The summed E-state index contributed by atoms with van der Waals surface area (Å²) in [5, 5.41) is 5.67. The number of carbonyl (C=O) groups is 2. The largest absolute Gasteiger partial charge is 0.350 e. The topological polar surface area (TPSA) is 124 Å². The van der Waals surface area contributed by atoms with Crippen LogP contribution >= 0.6 is 0 Å². The molecule has 1 fully saturated rings. The third kappa shape index (κ3) is 4.43. The molecule has 1 aliphatic carbocycles. The highest BCUT2D eigenvalue weighted by atomic mass is 16.2. The first-order valence-corrected chi connectivity index (χ1v) is 7.99. The van der Waals surface area contributed by atoms with Gasteiger partial charge in [0, 0.05) is 37.1 Å². The summed E-state index contributed by atoms with van der Waals surface area (Å²) in [4.78, 5) is 51.4. The molecule has 2 heterocycles. The van der Waals surface area contributed by atoms with Crippen LogP contribution in [-0.4, -0.2) is 34.4 Å². The van der Waals surface area contributed by atoms with Gasteiger partial charge in [-0.1, -0.05) is 0 Å². The Labute approximate surface area is 142 Å². The van der Waals surface area contributed by atoms with Crippen molar-refractivity contribution in [2.24, 2.45) is 5.92 Å². The van der Waals surface area contributed by atoms with Gasteiger partial charge in [-0.05, 0) is 30.9 Å². The number of aromatic nitrogens is 2. The molecule has 2 amide bonds. The SMILES string of the molecule is O=C(NCC(NC(=O)c1ccc(=O)[nH]c1)C1CC1)c1ccc(=O)[nH]c1. The predicted molar refractivity (Wildman–Crippen MR) is 90.4 cm³/mol. The summed E-state index contributed by atoms with van der Waals surface area (Å²) in [6.07, 6.45) is 4.69. The summed E-state index contributed by atoms with van der Waals surface area (Å²) in [6, 6.07) is 5.28. The Balaban J connectivity index is 1.60. The number of amides is 2. The summed E-state index contributed by atoms with van der Waals surface area (Å²) in [6.45, 7) is 0.289. The molecule has 0 aliphatic heterocycles. The zero-order chi connectivity index (χ0) is 17.8. The summed E-state index contributed by atoms with van der Waals surface area (Å²) in [5.41, 5.74) is 0.155. The smallest absolute Gasteiger partial charge is 0.253 e. The van der Waals surface area contributed by atoms with Gasteiger partial charge in [-0.25, -0.2) is 0 Å². The van der Waals surface area contributed by atoms with Gasteiger partial charge in [-0.15, -0.1) is 0 Å². The van der Waals surface area contributed by atoms with E-state index in [2.05, 4.69) is 20.6 Å². The number of rotatable bonds is 6. The van der Waals surface area contributed by atoms with Gasteiger partial charge >= 0.3 is 0 Å². The van der Waals surface area contributed by atoms with E-state index in [9.17, 15) is 19.2 Å². The third-order valence-corrected chi connectivity index (χ3v) is 4.08. The highest BCUT2D eigenvalue weighted by Gasteiger charge is 2.32. The van der Waals surface area contributed by atoms with Gasteiger partial charge in [0.05, 0.1) is 11.1 Å². The zero-order valence-corrected chi connectivity index (χ0v) is 13.4. The van der Waals surface area contributed by atoms with Crippen LogP contribution in [0.1, 0.15) is 33.6 Å². The van der Waals surface area contributed by atoms with Crippen LogP contribution in [0.15, 0.2) is 46.2 Å². The van der Waals surface area contributed by atoms with Crippen LogP contribution in [0.5, 0.6) is 0 Å². The maximum Gasteiger partial charge on any atom is 0.253 e. The molecule has 25 heavy (non-hydrogen) atoms. The molecule has 1 aliphatic rings. The van der Waals surface area contributed by atoms with E-state index in [1.807, 2.05) is 0 Å². The average Bonchev–Trinajstić information content (AvgIpc) is 3.44. The van der Waals surface area contributed by atoms with Gasteiger partial charge in [0.15, 0.2) is 0 Å². The van der Waals surface area contributed by atoms with Gasteiger partial charge < -0.3 is 20.6 Å². The number of hydrogen-bond acceptors (Lipinski definition) is 4. The number of nitrogens with one attached hydrogen (secondary N) is 4. The number of aromatic amines is 2. The van der Waals surface area contributed by atoms with Crippen LogP contribution in [0.25, 0.3) is 0 Å². The minimum Gasteiger partial charge on any atom is -0.350 e. The van der Waals surface area contributed by atoms with Crippen molar-refractivity contribution in [3.8, 4) is 0 Å². The molecular weight excluding hydrogens is 324 g/mol. The first-order chi connectivity index (χ1) is 12.0. The van der Waals surface area contributed by atoms with Crippen LogP contribution in [0.4, 0.5) is 0 Å². The number of pyridine rings is 2. The van der Waals surface area contributed by atoms with E-state index in [1.165, 1.54) is 36.7 Å². The van der Waals surface area contributed by atoms with Gasteiger partial charge in [-0.3, -0.25) is 19.2 Å². The molecule has 1 saturated carbocycles. The molecule has 1 atom stereocenters. The fourth-order valence-corrected chi connectivity index (χ4v) is 2.49. The van der Waals surface area contributed by atoms with E-state index in [1.54, 1.807) is 0 Å². The quantitative estimate of drug-likeness (QED) is 0.590. The van der Waals surface area contributed by atoms with Crippen molar-refractivity contribution >= 4 is 11.8 Å². The Hall–Kier alpha value is -3.16. The van der Waals surface area contributed by atoms with Crippen LogP contribution in [0.3, 0.4) is 0 Å². The summed E-state index contributed by atoms with van der Waals surface area (Å²) in [5.74, 6) is -0.297. The molecule has 0 aromatic carbocycles. The van der Waals surface area contributed by atoms with Gasteiger partial charge in [-0.2, -0.15) is 0 Å². The van der Waals surface area contributed by atoms with Crippen LogP contribution in [-0.2, 0) is 0 Å².